The Morgan fingerprint density at radius 2 is 2.18 bits per heavy atom. The van der Waals surface area contributed by atoms with Crippen LogP contribution in [0.15, 0.2) is 41.8 Å². The minimum atomic E-state index is 0.263. The van der Waals surface area contributed by atoms with Crippen molar-refractivity contribution in [3.05, 3.63) is 52.2 Å². The van der Waals surface area contributed by atoms with Crippen LogP contribution in [0.1, 0.15) is 29.7 Å². The van der Waals surface area contributed by atoms with Gasteiger partial charge in [0.1, 0.15) is 5.75 Å². The number of methoxy groups -OCH3 is 1. The van der Waals surface area contributed by atoms with Crippen LogP contribution in [0.4, 0.5) is 0 Å². The molecule has 0 aliphatic heterocycles. The molecule has 1 aliphatic carbocycles. The molecule has 4 heteroatoms. The molecule has 3 rings (SSSR count). The molecule has 116 valence electrons. The summed E-state index contributed by atoms with van der Waals surface area (Å²) in [5, 5.41) is 2.07. The molecule has 0 spiro atoms. The second-order valence-corrected chi connectivity index (χ2v) is 6.72. The van der Waals surface area contributed by atoms with E-state index in [0.717, 1.165) is 37.1 Å². The summed E-state index contributed by atoms with van der Waals surface area (Å²) in [5.41, 5.74) is 1.15. The van der Waals surface area contributed by atoms with Crippen molar-refractivity contribution in [3.8, 4) is 5.75 Å². The highest BCUT2D eigenvalue weighted by Gasteiger charge is 2.32. The lowest BCUT2D eigenvalue weighted by Crippen LogP contribution is -2.32. The monoisotopic (exact) mass is 315 g/mol. The van der Waals surface area contributed by atoms with E-state index >= 15 is 0 Å². The summed E-state index contributed by atoms with van der Waals surface area (Å²) >= 11 is 1.72. The lowest BCUT2D eigenvalue weighted by Gasteiger charge is -2.22. The molecule has 1 fully saturated rings. The summed E-state index contributed by atoms with van der Waals surface area (Å²) in [7, 11) is 1.67. The normalized spacial score (nSPS) is 13.9. The van der Waals surface area contributed by atoms with Crippen molar-refractivity contribution in [2.45, 2.75) is 38.3 Å². The average Bonchev–Trinajstić information content (AvgIpc) is 3.26. The SMILES string of the molecule is COc1cccc(CCC(=O)N(Cc2cccs2)C2CC2)c1. The smallest absolute Gasteiger partial charge is 0.223 e. The Labute approximate surface area is 135 Å². The molecule has 22 heavy (non-hydrogen) atoms. The fraction of sp³-hybridized carbons (Fsp3) is 0.389. The Morgan fingerprint density at radius 1 is 1.32 bits per heavy atom. The number of nitrogens with zero attached hydrogens (tertiary/aromatic N) is 1. The fourth-order valence-corrected chi connectivity index (χ4v) is 3.30. The molecule has 1 saturated carbocycles. The molecule has 3 nitrogen and oxygen atoms in total. The number of carbonyl (C=O) groups is 1. The number of ether oxygens (including phenoxy) is 1. The number of rotatable bonds is 7. The van der Waals surface area contributed by atoms with Gasteiger partial charge >= 0.3 is 0 Å². The first kappa shape index (κ1) is 15.1. The highest BCUT2D eigenvalue weighted by Crippen LogP contribution is 2.30. The van der Waals surface area contributed by atoms with Gasteiger partial charge in [-0.05, 0) is 48.4 Å². The van der Waals surface area contributed by atoms with Crippen LogP contribution in [0, 0.1) is 0 Å². The van der Waals surface area contributed by atoms with Crippen LogP contribution in [-0.4, -0.2) is 24.0 Å². The van der Waals surface area contributed by atoms with Crippen molar-refractivity contribution in [2.24, 2.45) is 0 Å². The second kappa shape index (κ2) is 6.97. The highest BCUT2D eigenvalue weighted by molar-refractivity contribution is 7.09. The predicted octanol–water partition coefficient (Wildman–Crippen LogP) is 3.88. The van der Waals surface area contributed by atoms with E-state index in [4.69, 9.17) is 4.74 Å². The van der Waals surface area contributed by atoms with Gasteiger partial charge in [0, 0.05) is 17.3 Å². The first-order valence-electron chi connectivity index (χ1n) is 7.71. The average molecular weight is 315 g/mol. The van der Waals surface area contributed by atoms with E-state index in [1.54, 1.807) is 18.4 Å². The summed E-state index contributed by atoms with van der Waals surface area (Å²) in [6.07, 6.45) is 3.63. The van der Waals surface area contributed by atoms with Gasteiger partial charge in [-0.2, -0.15) is 0 Å². The Bertz CT molecular complexity index is 620. The van der Waals surface area contributed by atoms with E-state index in [-0.39, 0.29) is 5.91 Å². The molecule has 0 N–H and O–H groups in total. The van der Waals surface area contributed by atoms with Crippen LogP contribution in [0.5, 0.6) is 5.75 Å². The number of thiophene rings is 1. The molecule has 1 amide bonds. The molecule has 1 heterocycles. The van der Waals surface area contributed by atoms with E-state index in [9.17, 15) is 4.79 Å². The van der Waals surface area contributed by atoms with Crippen molar-refractivity contribution in [1.29, 1.82) is 0 Å². The van der Waals surface area contributed by atoms with Crippen LogP contribution in [0.2, 0.25) is 0 Å². The third-order valence-electron chi connectivity index (χ3n) is 3.98. The number of carbonyl (C=O) groups excluding carboxylic acids is 1. The lowest BCUT2D eigenvalue weighted by molar-refractivity contribution is -0.132. The maximum Gasteiger partial charge on any atom is 0.223 e. The first-order chi connectivity index (χ1) is 10.8. The van der Waals surface area contributed by atoms with E-state index in [2.05, 4.69) is 22.4 Å². The Balaban J connectivity index is 1.59. The molecular weight excluding hydrogens is 294 g/mol. The van der Waals surface area contributed by atoms with Crippen molar-refractivity contribution >= 4 is 17.2 Å². The summed E-state index contributed by atoms with van der Waals surface area (Å²) in [6.45, 7) is 0.763. The van der Waals surface area contributed by atoms with Gasteiger partial charge in [0.15, 0.2) is 0 Å². The number of benzene rings is 1. The summed E-state index contributed by atoms with van der Waals surface area (Å²) in [6, 6.07) is 12.6. The van der Waals surface area contributed by atoms with E-state index in [1.165, 1.54) is 4.88 Å². The fourth-order valence-electron chi connectivity index (χ4n) is 2.60. The Kier molecular flexibility index (Phi) is 4.78. The van der Waals surface area contributed by atoms with Gasteiger partial charge in [0.25, 0.3) is 0 Å². The van der Waals surface area contributed by atoms with Crippen LogP contribution < -0.4 is 4.74 Å². The molecule has 0 radical (unpaired) electrons. The number of aryl methyl sites for hydroxylation is 1. The topological polar surface area (TPSA) is 29.5 Å². The first-order valence-corrected chi connectivity index (χ1v) is 8.59. The largest absolute Gasteiger partial charge is 0.497 e. The molecule has 0 atom stereocenters. The minimum Gasteiger partial charge on any atom is -0.497 e. The van der Waals surface area contributed by atoms with Gasteiger partial charge in [0.05, 0.1) is 13.7 Å². The summed E-state index contributed by atoms with van der Waals surface area (Å²) in [5.74, 6) is 1.11. The van der Waals surface area contributed by atoms with E-state index < -0.39 is 0 Å². The van der Waals surface area contributed by atoms with E-state index in [0.29, 0.717) is 12.5 Å². The van der Waals surface area contributed by atoms with Crippen LogP contribution >= 0.6 is 11.3 Å². The molecule has 1 aromatic carbocycles. The number of amides is 1. The molecule has 1 aromatic heterocycles. The third-order valence-corrected chi connectivity index (χ3v) is 4.84. The van der Waals surface area contributed by atoms with Gasteiger partial charge in [-0.25, -0.2) is 0 Å². The maximum atomic E-state index is 12.6. The number of hydrogen-bond acceptors (Lipinski definition) is 3. The molecular formula is C18H21NO2S. The molecule has 0 saturated heterocycles. The Hall–Kier alpha value is -1.81. The highest BCUT2D eigenvalue weighted by atomic mass is 32.1. The van der Waals surface area contributed by atoms with Gasteiger partial charge in [-0.15, -0.1) is 11.3 Å². The molecule has 0 bridgehead atoms. The van der Waals surface area contributed by atoms with Crippen LogP contribution in [0.25, 0.3) is 0 Å². The zero-order valence-electron chi connectivity index (χ0n) is 12.8. The molecule has 1 aliphatic rings. The van der Waals surface area contributed by atoms with Gasteiger partial charge in [-0.3, -0.25) is 4.79 Å². The van der Waals surface area contributed by atoms with Crippen molar-refractivity contribution in [3.63, 3.8) is 0 Å². The summed E-state index contributed by atoms with van der Waals surface area (Å²) < 4.78 is 5.23. The standard InChI is InChI=1S/C18H21NO2S/c1-21-16-5-2-4-14(12-16)7-10-18(20)19(15-8-9-15)13-17-6-3-11-22-17/h2-6,11-12,15H,7-10,13H2,1H3. The zero-order chi connectivity index (χ0) is 15.4. The third kappa shape index (κ3) is 3.89. The quantitative estimate of drug-likeness (QED) is 0.776. The van der Waals surface area contributed by atoms with Crippen molar-refractivity contribution in [1.82, 2.24) is 4.90 Å². The van der Waals surface area contributed by atoms with Gasteiger partial charge in [0.2, 0.25) is 5.91 Å². The maximum absolute atomic E-state index is 12.6. The van der Waals surface area contributed by atoms with E-state index in [1.807, 2.05) is 24.3 Å². The van der Waals surface area contributed by atoms with Gasteiger partial charge < -0.3 is 9.64 Å². The summed E-state index contributed by atoms with van der Waals surface area (Å²) in [4.78, 5) is 15.9. The van der Waals surface area contributed by atoms with Crippen LogP contribution in [-0.2, 0) is 17.8 Å². The second-order valence-electron chi connectivity index (χ2n) is 5.68. The zero-order valence-corrected chi connectivity index (χ0v) is 13.6. The number of hydrogen-bond donors (Lipinski definition) is 0. The molecule has 0 unspecified atom stereocenters. The Morgan fingerprint density at radius 3 is 2.86 bits per heavy atom. The molecule has 2 aromatic rings. The van der Waals surface area contributed by atoms with Gasteiger partial charge in [-0.1, -0.05) is 18.2 Å². The van der Waals surface area contributed by atoms with Crippen LogP contribution in [0.3, 0.4) is 0 Å². The van der Waals surface area contributed by atoms with Crippen molar-refractivity contribution in [2.75, 3.05) is 7.11 Å². The lowest BCUT2D eigenvalue weighted by atomic mass is 10.1. The minimum absolute atomic E-state index is 0.263. The van der Waals surface area contributed by atoms with Crippen molar-refractivity contribution < 1.29 is 9.53 Å². The predicted molar refractivity (Wildman–Crippen MR) is 89.2 cm³/mol.